The zero-order valence-electron chi connectivity index (χ0n) is 21.5. The molecule has 1 aliphatic rings. The van der Waals surface area contributed by atoms with E-state index in [4.69, 9.17) is 0 Å². The summed E-state index contributed by atoms with van der Waals surface area (Å²) >= 11 is 0. The topological polar surface area (TPSA) is 113 Å². The second-order valence-corrected chi connectivity index (χ2v) is 9.68. The molecule has 0 bridgehead atoms. The highest BCUT2D eigenvalue weighted by Gasteiger charge is 2.35. The number of nitrogens with zero attached hydrogens (tertiary/aromatic N) is 5. The maximum Gasteiger partial charge on any atom is 0.251 e. The molecule has 0 radical (unpaired) electrons. The average Bonchev–Trinajstić information content (AvgIpc) is 3.61. The minimum Gasteiger partial charge on any atom is -0.508 e. The van der Waals surface area contributed by atoms with Crippen LogP contribution in [0.15, 0.2) is 72.8 Å². The van der Waals surface area contributed by atoms with Crippen molar-refractivity contribution in [2.75, 3.05) is 4.90 Å². The number of phenols is 1. The van der Waals surface area contributed by atoms with Gasteiger partial charge in [-0.05, 0) is 78.6 Å². The van der Waals surface area contributed by atoms with Crippen molar-refractivity contribution in [1.29, 1.82) is 0 Å². The van der Waals surface area contributed by atoms with Crippen LogP contribution >= 0.6 is 0 Å². The summed E-state index contributed by atoms with van der Waals surface area (Å²) in [6, 6.07) is 18.3. The Morgan fingerprint density at radius 3 is 2.44 bits per heavy atom. The van der Waals surface area contributed by atoms with Gasteiger partial charge in [0.25, 0.3) is 5.91 Å². The average molecular weight is 529 g/mol. The summed E-state index contributed by atoms with van der Waals surface area (Å²) in [6.45, 7) is 1.59. The summed E-state index contributed by atoms with van der Waals surface area (Å²) < 4.78 is 13.3. The van der Waals surface area contributed by atoms with E-state index >= 15 is 0 Å². The number of carbonyl (C=O) groups is 2. The number of para-hydroxylation sites is 1. The van der Waals surface area contributed by atoms with Crippen LogP contribution in [-0.4, -0.2) is 43.2 Å². The number of aryl methyl sites for hydroxylation is 1. The lowest BCUT2D eigenvalue weighted by molar-refractivity contribution is -0.127. The quantitative estimate of drug-likeness (QED) is 0.352. The van der Waals surface area contributed by atoms with Crippen LogP contribution < -0.4 is 10.2 Å². The third kappa shape index (κ3) is 5.95. The molecule has 2 N–H and O–H groups in total. The minimum atomic E-state index is -1.00. The number of benzene rings is 3. The Labute approximate surface area is 225 Å². The number of anilines is 1. The van der Waals surface area contributed by atoms with Gasteiger partial charge in [0.15, 0.2) is 0 Å². The monoisotopic (exact) mass is 528 g/mol. The van der Waals surface area contributed by atoms with Crippen LogP contribution in [0.4, 0.5) is 10.1 Å². The third-order valence-electron chi connectivity index (χ3n) is 6.89. The van der Waals surface area contributed by atoms with Crippen LogP contribution in [0.3, 0.4) is 0 Å². The Kier molecular flexibility index (Phi) is 7.62. The number of phenolic OH excluding ortho intramolecular Hbond substituents is 1. The fourth-order valence-corrected chi connectivity index (χ4v) is 4.90. The van der Waals surface area contributed by atoms with Gasteiger partial charge in [0.1, 0.15) is 24.2 Å². The summed E-state index contributed by atoms with van der Waals surface area (Å²) in [5, 5.41) is 25.4. The minimum absolute atomic E-state index is 0.0428. The van der Waals surface area contributed by atoms with Crippen LogP contribution in [-0.2, 0) is 16.1 Å². The van der Waals surface area contributed by atoms with Crippen molar-refractivity contribution in [3.63, 3.8) is 0 Å². The number of carbonyl (C=O) groups excluding carboxylic acids is 2. The molecule has 1 atom stereocenters. The molecular weight excluding hydrogens is 499 g/mol. The molecule has 10 heteroatoms. The van der Waals surface area contributed by atoms with E-state index in [2.05, 4.69) is 20.7 Å². The summed E-state index contributed by atoms with van der Waals surface area (Å²) in [6.07, 6.45) is 3.87. The largest absolute Gasteiger partial charge is 0.508 e. The van der Waals surface area contributed by atoms with Gasteiger partial charge < -0.3 is 10.4 Å². The van der Waals surface area contributed by atoms with E-state index in [0.29, 0.717) is 16.8 Å². The molecule has 4 aromatic rings. The first kappa shape index (κ1) is 26.0. The highest BCUT2D eigenvalue weighted by molar-refractivity contribution is 6.01. The maximum absolute atomic E-state index is 14.0. The summed E-state index contributed by atoms with van der Waals surface area (Å²) in [5.74, 6) is -0.803. The van der Waals surface area contributed by atoms with Gasteiger partial charge in [-0.2, -0.15) is 4.80 Å². The molecule has 3 aromatic carbocycles. The SMILES string of the molecule is Cc1ccccc1N(C(=O)Cn1nnc(-c2ccc(F)cc2)n1)[C@@H](C(=O)NC1CCCC1)c1ccc(O)cc1. The van der Waals surface area contributed by atoms with Crippen LogP contribution in [0.5, 0.6) is 5.75 Å². The van der Waals surface area contributed by atoms with Crippen LogP contribution in [0.2, 0.25) is 0 Å². The van der Waals surface area contributed by atoms with Crippen molar-refractivity contribution in [2.24, 2.45) is 0 Å². The Bertz CT molecular complexity index is 1450. The number of nitrogens with one attached hydrogen (secondary N) is 1. The van der Waals surface area contributed by atoms with Crippen molar-refractivity contribution in [1.82, 2.24) is 25.5 Å². The second-order valence-electron chi connectivity index (χ2n) is 9.68. The summed E-state index contributed by atoms with van der Waals surface area (Å²) in [5.41, 5.74) is 2.49. The van der Waals surface area contributed by atoms with Crippen molar-refractivity contribution in [3.8, 4) is 17.1 Å². The van der Waals surface area contributed by atoms with Gasteiger partial charge in [0.2, 0.25) is 11.7 Å². The van der Waals surface area contributed by atoms with E-state index in [1.54, 1.807) is 18.2 Å². The predicted octanol–water partition coefficient (Wildman–Crippen LogP) is 4.33. The molecule has 1 aromatic heterocycles. The van der Waals surface area contributed by atoms with E-state index in [-0.39, 0.29) is 35.9 Å². The molecular formula is C29H29FN6O3. The number of aromatic nitrogens is 4. The number of hydrogen-bond donors (Lipinski definition) is 2. The van der Waals surface area contributed by atoms with Crippen molar-refractivity contribution in [3.05, 3.63) is 89.7 Å². The van der Waals surface area contributed by atoms with E-state index in [0.717, 1.165) is 36.0 Å². The molecule has 1 saturated carbocycles. The van der Waals surface area contributed by atoms with Crippen LogP contribution in [0, 0.1) is 12.7 Å². The highest BCUT2D eigenvalue weighted by atomic mass is 19.1. The lowest BCUT2D eigenvalue weighted by atomic mass is 10.0. The van der Waals surface area contributed by atoms with Crippen LogP contribution in [0.1, 0.15) is 42.9 Å². The van der Waals surface area contributed by atoms with Crippen molar-refractivity contribution < 1.29 is 19.1 Å². The normalized spacial score (nSPS) is 14.2. The third-order valence-corrected chi connectivity index (χ3v) is 6.89. The molecule has 0 aliphatic heterocycles. The van der Waals surface area contributed by atoms with Crippen molar-refractivity contribution in [2.45, 2.75) is 51.2 Å². The molecule has 1 heterocycles. The second kappa shape index (κ2) is 11.4. The number of halogens is 1. The van der Waals surface area contributed by atoms with E-state index in [9.17, 15) is 19.1 Å². The highest BCUT2D eigenvalue weighted by Crippen LogP contribution is 2.32. The fourth-order valence-electron chi connectivity index (χ4n) is 4.90. The predicted molar refractivity (Wildman–Crippen MR) is 143 cm³/mol. The fraction of sp³-hybridized carbons (Fsp3) is 0.276. The molecule has 5 rings (SSSR count). The Balaban J connectivity index is 1.51. The number of rotatable bonds is 8. The zero-order chi connectivity index (χ0) is 27.4. The molecule has 39 heavy (non-hydrogen) atoms. The smallest absolute Gasteiger partial charge is 0.251 e. The molecule has 200 valence electrons. The molecule has 9 nitrogen and oxygen atoms in total. The molecule has 0 spiro atoms. The molecule has 2 amide bonds. The number of tetrazole rings is 1. The van der Waals surface area contributed by atoms with Gasteiger partial charge in [-0.1, -0.05) is 43.2 Å². The Morgan fingerprint density at radius 1 is 1.05 bits per heavy atom. The standard InChI is InChI=1S/C29H29FN6O3/c1-19-6-2-5-9-25(19)36(26(38)18-35-33-28(32-34-35)21-10-14-22(30)15-11-21)27(20-12-16-24(37)17-13-20)29(39)31-23-7-3-4-8-23/h2,5-6,9-17,23,27,37H,3-4,7-8,18H2,1H3,(H,31,39)/t27-/m1/s1. The lowest BCUT2D eigenvalue weighted by Gasteiger charge is -2.33. The van der Waals surface area contributed by atoms with E-state index < -0.39 is 11.9 Å². The van der Waals surface area contributed by atoms with Gasteiger partial charge in [0, 0.05) is 17.3 Å². The molecule has 1 aliphatic carbocycles. The van der Waals surface area contributed by atoms with Gasteiger partial charge >= 0.3 is 0 Å². The first-order valence-corrected chi connectivity index (χ1v) is 12.9. The Morgan fingerprint density at radius 2 is 1.74 bits per heavy atom. The first-order chi connectivity index (χ1) is 18.9. The van der Waals surface area contributed by atoms with Gasteiger partial charge in [-0.25, -0.2) is 4.39 Å². The zero-order valence-corrected chi connectivity index (χ0v) is 21.5. The lowest BCUT2D eigenvalue weighted by Crippen LogP contribution is -2.47. The van der Waals surface area contributed by atoms with Crippen molar-refractivity contribution >= 4 is 17.5 Å². The molecule has 1 fully saturated rings. The number of hydrogen-bond acceptors (Lipinski definition) is 6. The number of amides is 2. The van der Waals surface area contributed by atoms with Crippen LogP contribution in [0.25, 0.3) is 11.4 Å². The van der Waals surface area contributed by atoms with Gasteiger partial charge in [-0.15, -0.1) is 10.2 Å². The van der Waals surface area contributed by atoms with Gasteiger partial charge in [0.05, 0.1) is 0 Å². The molecule has 0 saturated heterocycles. The maximum atomic E-state index is 14.0. The number of aromatic hydroxyl groups is 1. The van der Waals surface area contributed by atoms with E-state index in [1.807, 2.05) is 25.1 Å². The Hall–Kier alpha value is -4.60. The van der Waals surface area contributed by atoms with E-state index in [1.165, 1.54) is 41.3 Å². The first-order valence-electron chi connectivity index (χ1n) is 12.9. The summed E-state index contributed by atoms with van der Waals surface area (Å²) in [7, 11) is 0. The molecule has 0 unspecified atom stereocenters. The van der Waals surface area contributed by atoms with Gasteiger partial charge in [-0.3, -0.25) is 14.5 Å². The summed E-state index contributed by atoms with van der Waals surface area (Å²) in [4.78, 5) is 30.5.